The molecule has 0 spiro atoms. The lowest BCUT2D eigenvalue weighted by atomic mass is 10.3. The number of hydrogen-bond donors (Lipinski definition) is 3. The van der Waals surface area contributed by atoms with Gasteiger partial charge in [-0.15, -0.1) is 10.2 Å². The monoisotopic (exact) mass is 308 g/mol. The molecule has 0 radical (unpaired) electrons. The predicted octanol–water partition coefficient (Wildman–Crippen LogP) is 1.41. The zero-order chi connectivity index (χ0) is 15.1. The van der Waals surface area contributed by atoms with Gasteiger partial charge in [-0.3, -0.25) is 5.32 Å². The van der Waals surface area contributed by atoms with E-state index in [2.05, 4.69) is 20.8 Å². The minimum atomic E-state index is -0.799. The van der Waals surface area contributed by atoms with Gasteiger partial charge in [0.05, 0.1) is 0 Å². The zero-order valence-electron chi connectivity index (χ0n) is 11.4. The van der Waals surface area contributed by atoms with E-state index in [0.29, 0.717) is 10.9 Å². The summed E-state index contributed by atoms with van der Waals surface area (Å²) in [4.78, 5) is 11.6. The van der Waals surface area contributed by atoms with Gasteiger partial charge >= 0.3 is 6.03 Å². The Labute approximate surface area is 126 Å². The van der Waals surface area contributed by atoms with E-state index >= 15 is 0 Å². The van der Waals surface area contributed by atoms with Crippen molar-refractivity contribution in [2.45, 2.75) is 13.0 Å². The number of nitrogens with one attached hydrogen (secondary N) is 2. The van der Waals surface area contributed by atoms with Crippen molar-refractivity contribution in [3.63, 3.8) is 0 Å². The summed E-state index contributed by atoms with van der Waals surface area (Å²) in [5, 5.41) is 23.5. The SMILES string of the molecule is Cc1nnc(NC(=O)NC[C@H](O)COc2ccccc2)s1. The molecule has 0 saturated carbocycles. The molecule has 8 heteroatoms. The van der Waals surface area contributed by atoms with Gasteiger partial charge in [0.2, 0.25) is 5.13 Å². The standard InChI is InChI=1S/C13H16N4O3S/c1-9-16-17-13(21-9)15-12(19)14-7-10(18)8-20-11-5-3-2-4-6-11/h2-6,10,18H,7-8H2,1H3,(H2,14,15,17,19)/t10-/m0/s1. The van der Waals surface area contributed by atoms with Crippen LogP contribution < -0.4 is 15.4 Å². The number of aromatic nitrogens is 2. The van der Waals surface area contributed by atoms with Crippen LogP contribution in [0.3, 0.4) is 0 Å². The second kappa shape index (κ2) is 7.55. The van der Waals surface area contributed by atoms with Crippen LogP contribution in [0.4, 0.5) is 9.93 Å². The Morgan fingerprint density at radius 2 is 2.14 bits per heavy atom. The van der Waals surface area contributed by atoms with Crippen molar-refractivity contribution in [3.8, 4) is 5.75 Å². The highest BCUT2D eigenvalue weighted by Crippen LogP contribution is 2.13. The largest absolute Gasteiger partial charge is 0.491 e. The van der Waals surface area contributed by atoms with Crippen LogP contribution in [0.25, 0.3) is 0 Å². The third kappa shape index (κ3) is 5.36. The Balaban J connectivity index is 1.66. The van der Waals surface area contributed by atoms with E-state index < -0.39 is 12.1 Å². The summed E-state index contributed by atoms with van der Waals surface area (Å²) in [5.41, 5.74) is 0. The van der Waals surface area contributed by atoms with Gasteiger partial charge < -0.3 is 15.2 Å². The highest BCUT2D eigenvalue weighted by molar-refractivity contribution is 7.15. The molecule has 2 aromatic rings. The van der Waals surface area contributed by atoms with Gasteiger partial charge in [-0.05, 0) is 19.1 Å². The molecular formula is C13H16N4O3S. The molecule has 0 unspecified atom stereocenters. The average Bonchev–Trinajstić information content (AvgIpc) is 2.89. The third-order valence-electron chi connectivity index (χ3n) is 2.43. The average molecular weight is 308 g/mol. The normalized spacial score (nSPS) is 11.7. The van der Waals surface area contributed by atoms with Crippen molar-refractivity contribution in [2.24, 2.45) is 0 Å². The number of urea groups is 1. The molecule has 2 amide bonds. The number of nitrogens with zero attached hydrogens (tertiary/aromatic N) is 2. The summed E-state index contributed by atoms with van der Waals surface area (Å²) in [7, 11) is 0. The van der Waals surface area contributed by atoms with Crippen LogP contribution in [0.5, 0.6) is 5.75 Å². The van der Waals surface area contributed by atoms with E-state index in [9.17, 15) is 9.90 Å². The number of benzene rings is 1. The molecule has 0 aliphatic rings. The third-order valence-corrected chi connectivity index (χ3v) is 3.18. The van der Waals surface area contributed by atoms with Crippen LogP contribution in [-0.2, 0) is 0 Å². The first-order valence-corrected chi connectivity index (χ1v) is 7.16. The molecule has 0 bridgehead atoms. The fourth-order valence-corrected chi connectivity index (χ4v) is 2.05. The lowest BCUT2D eigenvalue weighted by Crippen LogP contribution is -2.37. The molecule has 21 heavy (non-hydrogen) atoms. The Hall–Kier alpha value is -2.19. The van der Waals surface area contributed by atoms with E-state index in [4.69, 9.17) is 4.74 Å². The summed E-state index contributed by atoms with van der Waals surface area (Å²) in [6, 6.07) is 8.72. The molecule has 1 heterocycles. The molecule has 3 N–H and O–H groups in total. The van der Waals surface area contributed by atoms with E-state index in [0.717, 1.165) is 5.01 Å². The first-order chi connectivity index (χ1) is 10.1. The summed E-state index contributed by atoms with van der Waals surface area (Å²) >= 11 is 1.28. The minimum absolute atomic E-state index is 0.0798. The highest BCUT2D eigenvalue weighted by atomic mass is 32.1. The lowest BCUT2D eigenvalue weighted by Gasteiger charge is -2.13. The van der Waals surface area contributed by atoms with Gasteiger partial charge in [0.25, 0.3) is 0 Å². The summed E-state index contributed by atoms with van der Waals surface area (Å²) in [6.45, 7) is 1.98. The second-order valence-corrected chi connectivity index (χ2v) is 5.42. The van der Waals surface area contributed by atoms with Crippen LogP contribution in [0, 0.1) is 6.92 Å². The van der Waals surface area contributed by atoms with Gasteiger partial charge in [0.1, 0.15) is 23.5 Å². The van der Waals surface area contributed by atoms with Crippen molar-refractivity contribution in [3.05, 3.63) is 35.3 Å². The number of aliphatic hydroxyl groups excluding tert-OH is 1. The maximum atomic E-state index is 11.6. The molecule has 0 saturated heterocycles. The van der Waals surface area contributed by atoms with Crippen LogP contribution in [-0.4, -0.2) is 40.6 Å². The Bertz CT molecular complexity index is 576. The van der Waals surface area contributed by atoms with Gasteiger partial charge in [0.15, 0.2) is 0 Å². The number of amides is 2. The maximum Gasteiger partial charge on any atom is 0.321 e. The number of hydrogen-bond acceptors (Lipinski definition) is 6. The molecule has 0 aliphatic heterocycles. The van der Waals surface area contributed by atoms with Crippen molar-refractivity contribution in [2.75, 3.05) is 18.5 Å². The van der Waals surface area contributed by atoms with Crippen LogP contribution >= 0.6 is 11.3 Å². The molecule has 1 aromatic heterocycles. The highest BCUT2D eigenvalue weighted by Gasteiger charge is 2.09. The summed E-state index contributed by atoms with van der Waals surface area (Å²) in [5.74, 6) is 0.672. The number of carbonyl (C=O) groups excluding carboxylic acids is 1. The van der Waals surface area contributed by atoms with Crippen molar-refractivity contribution in [1.82, 2.24) is 15.5 Å². The molecule has 0 aliphatic carbocycles. The molecule has 0 fully saturated rings. The van der Waals surface area contributed by atoms with Gasteiger partial charge in [-0.1, -0.05) is 29.5 Å². The first kappa shape index (κ1) is 15.2. The van der Waals surface area contributed by atoms with Gasteiger partial charge in [0, 0.05) is 6.54 Å². The minimum Gasteiger partial charge on any atom is -0.491 e. The number of rotatable bonds is 6. The summed E-state index contributed by atoms with van der Waals surface area (Å²) in [6.07, 6.45) is -0.799. The van der Waals surface area contributed by atoms with Gasteiger partial charge in [-0.2, -0.15) is 0 Å². The lowest BCUT2D eigenvalue weighted by molar-refractivity contribution is 0.108. The van der Waals surface area contributed by atoms with Crippen molar-refractivity contribution in [1.29, 1.82) is 0 Å². The molecule has 2 rings (SSSR count). The maximum absolute atomic E-state index is 11.6. The predicted molar refractivity (Wildman–Crippen MR) is 79.6 cm³/mol. The Morgan fingerprint density at radius 1 is 1.38 bits per heavy atom. The number of carbonyl (C=O) groups is 1. The van der Waals surface area contributed by atoms with E-state index in [-0.39, 0.29) is 13.2 Å². The number of aryl methyl sites for hydroxylation is 1. The molecule has 1 atom stereocenters. The molecule has 112 valence electrons. The van der Waals surface area contributed by atoms with Crippen LogP contribution in [0.15, 0.2) is 30.3 Å². The molecular weight excluding hydrogens is 292 g/mol. The topological polar surface area (TPSA) is 96.4 Å². The van der Waals surface area contributed by atoms with E-state index in [1.807, 2.05) is 18.2 Å². The first-order valence-electron chi connectivity index (χ1n) is 6.34. The van der Waals surface area contributed by atoms with Crippen molar-refractivity contribution >= 4 is 22.5 Å². The molecule has 1 aromatic carbocycles. The quantitative estimate of drug-likeness (QED) is 0.750. The van der Waals surface area contributed by atoms with Crippen molar-refractivity contribution < 1.29 is 14.6 Å². The Morgan fingerprint density at radius 3 is 2.81 bits per heavy atom. The fourth-order valence-electron chi connectivity index (χ4n) is 1.47. The Kier molecular flexibility index (Phi) is 5.47. The fraction of sp³-hybridized carbons (Fsp3) is 0.308. The number of anilines is 1. The number of para-hydroxylation sites is 1. The summed E-state index contributed by atoms with van der Waals surface area (Å²) < 4.78 is 5.38. The van der Waals surface area contributed by atoms with Crippen LogP contribution in [0.1, 0.15) is 5.01 Å². The number of aliphatic hydroxyl groups is 1. The van der Waals surface area contributed by atoms with Gasteiger partial charge in [-0.25, -0.2) is 4.79 Å². The molecule has 7 nitrogen and oxygen atoms in total. The smallest absolute Gasteiger partial charge is 0.321 e. The zero-order valence-corrected chi connectivity index (χ0v) is 12.3. The second-order valence-electron chi connectivity index (χ2n) is 4.24. The van der Waals surface area contributed by atoms with E-state index in [1.165, 1.54) is 11.3 Å². The van der Waals surface area contributed by atoms with Crippen LogP contribution in [0.2, 0.25) is 0 Å². The number of ether oxygens (including phenoxy) is 1. The van der Waals surface area contributed by atoms with E-state index in [1.54, 1.807) is 19.1 Å².